The fraction of sp³-hybridized carbons (Fsp3) is 0.250. The van der Waals surface area contributed by atoms with Gasteiger partial charge in [0.15, 0.2) is 0 Å². The lowest BCUT2D eigenvalue weighted by Crippen LogP contribution is -1.98. The van der Waals surface area contributed by atoms with E-state index in [9.17, 15) is 0 Å². The van der Waals surface area contributed by atoms with Crippen molar-refractivity contribution in [3.8, 4) is 0 Å². The molecule has 4 rings (SSSR count). The van der Waals surface area contributed by atoms with Gasteiger partial charge in [-0.2, -0.15) is 0 Å². The highest BCUT2D eigenvalue weighted by Crippen LogP contribution is 2.39. The molecule has 21 heavy (non-hydrogen) atoms. The highest BCUT2D eigenvalue weighted by Gasteiger charge is 2.21. The van der Waals surface area contributed by atoms with Gasteiger partial charge in [-0.1, -0.05) is 0 Å². The van der Waals surface area contributed by atoms with E-state index in [2.05, 4.69) is 63.0 Å². The Hall–Kier alpha value is -1.21. The van der Waals surface area contributed by atoms with Gasteiger partial charge in [0, 0.05) is 14.1 Å². The minimum Gasteiger partial charge on any atom is -0.339 e. The van der Waals surface area contributed by atoms with Gasteiger partial charge in [-0.3, -0.25) is 0 Å². The number of nitrogens with one attached hydrogen (secondary N) is 1. The number of thiophene rings is 1. The van der Waals surface area contributed by atoms with E-state index in [1.54, 1.807) is 6.33 Å². The predicted octanol–water partition coefficient (Wildman–Crippen LogP) is 4.84. The van der Waals surface area contributed by atoms with Crippen LogP contribution in [0.4, 0.5) is 11.5 Å². The molecule has 1 N–H and O–H groups in total. The van der Waals surface area contributed by atoms with Crippen molar-refractivity contribution in [2.75, 3.05) is 5.32 Å². The molecule has 3 nitrogen and oxygen atoms in total. The molecule has 2 heterocycles. The molecule has 0 bridgehead atoms. The van der Waals surface area contributed by atoms with E-state index in [1.165, 1.54) is 37.8 Å². The maximum absolute atomic E-state index is 4.50. The molecule has 0 amide bonds. The van der Waals surface area contributed by atoms with E-state index >= 15 is 0 Å². The highest BCUT2D eigenvalue weighted by atomic mass is 127. The summed E-state index contributed by atoms with van der Waals surface area (Å²) in [5.41, 5.74) is 3.81. The molecule has 3 aromatic rings. The molecule has 1 aromatic carbocycles. The molecule has 0 saturated carbocycles. The van der Waals surface area contributed by atoms with E-state index in [0.29, 0.717) is 0 Å². The summed E-state index contributed by atoms with van der Waals surface area (Å²) in [7, 11) is 0. The number of aryl methyl sites for hydroxylation is 3. The van der Waals surface area contributed by atoms with Gasteiger partial charge < -0.3 is 5.32 Å². The summed E-state index contributed by atoms with van der Waals surface area (Å²) < 4.78 is 1.25. The summed E-state index contributed by atoms with van der Waals surface area (Å²) in [4.78, 5) is 11.6. The Morgan fingerprint density at radius 1 is 1.24 bits per heavy atom. The van der Waals surface area contributed by atoms with Gasteiger partial charge in [0.1, 0.15) is 17.0 Å². The second-order valence-corrected chi connectivity index (χ2v) is 7.67. The number of halogens is 1. The van der Waals surface area contributed by atoms with Crippen LogP contribution in [0.15, 0.2) is 24.5 Å². The molecule has 0 atom stereocenters. The molecule has 2 aromatic heterocycles. The Morgan fingerprint density at radius 2 is 2.14 bits per heavy atom. The Kier molecular flexibility index (Phi) is 3.34. The zero-order valence-electron chi connectivity index (χ0n) is 11.6. The van der Waals surface area contributed by atoms with Crippen molar-refractivity contribution < 1.29 is 0 Å². The molecule has 0 fully saturated rings. The van der Waals surface area contributed by atoms with Crippen molar-refractivity contribution in [3.63, 3.8) is 0 Å². The van der Waals surface area contributed by atoms with Gasteiger partial charge in [-0.15, -0.1) is 11.3 Å². The number of hydrogen-bond acceptors (Lipinski definition) is 4. The Labute approximate surface area is 141 Å². The number of aromatic nitrogens is 2. The number of nitrogens with zero attached hydrogens (tertiary/aromatic N) is 2. The van der Waals surface area contributed by atoms with Gasteiger partial charge in [-0.25, -0.2) is 9.97 Å². The SMILES string of the molecule is Cc1cc(I)ccc1Nc1ncnc2sc3c(c12)CCC3. The molecule has 1 aliphatic carbocycles. The van der Waals surface area contributed by atoms with Crippen LogP contribution in [-0.4, -0.2) is 9.97 Å². The van der Waals surface area contributed by atoms with Gasteiger partial charge in [-0.05, 0) is 78.1 Å². The third-order valence-corrected chi connectivity index (χ3v) is 5.81. The summed E-state index contributed by atoms with van der Waals surface area (Å²) in [5.74, 6) is 0.948. The first-order chi connectivity index (χ1) is 10.2. The van der Waals surface area contributed by atoms with Crippen molar-refractivity contribution in [1.82, 2.24) is 9.97 Å². The van der Waals surface area contributed by atoms with Crippen molar-refractivity contribution in [2.24, 2.45) is 0 Å². The smallest absolute Gasteiger partial charge is 0.142 e. The topological polar surface area (TPSA) is 37.8 Å². The van der Waals surface area contributed by atoms with Crippen LogP contribution in [0.5, 0.6) is 0 Å². The Balaban J connectivity index is 1.83. The van der Waals surface area contributed by atoms with E-state index in [0.717, 1.165) is 22.8 Å². The lowest BCUT2D eigenvalue weighted by Gasteiger charge is -2.10. The minimum atomic E-state index is 0.948. The maximum Gasteiger partial charge on any atom is 0.142 e. The monoisotopic (exact) mass is 407 g/mol. The van der Waals surface area contributed by atoms with Crippen LogP contribution >= 0.6 is 33.9 Å². The number of rotatable bonds is 2. The van der Waals surface area contributed by atoms with Gasteiger partial charge in [0.2, 0.25) is 0 Å². The molecule has 106 valence electrons. The molecular weight excluding hydrogens is 393 g/mol. The average Bonchev–Trinajstić information content (AvgIpc) is 3.02. The van der Waals surface area contributed by atoms with Crippen LogP contribution in [0.3, 0.4) is 0 Å². The van der Waals surface area contributed by atoms with Crippen LogP contribution in [0.25, 0.3) is 10.2 Å². The molecule has 0 radical (unpaired) electrons. The quantitative estimate of drug-likeness (QED) is 0.618. The molecule has 0 spiro atoms. The van der Waals surface area contributed by atoms with Crippen molar-refractivity contribution in [2.45, 2.75) is 26.2 Å². The van der Waals surface area contributed by atoms with Crippen LogP contribution in [0.2, 0.25) is 0 Å². The first kappa shape index (κ1) is 13.5. The summed E-state index contributed by atoms with van der Waals surface area (Å²) >= 11 is 4.16. The predicted molar refractivity (Wildman–Crippen MR) is 96.6 cm³/mol. The minimum absolute atomic E-state index is 0.948. The number of anilines is 2. The molecule has 1 aliphatic rings. The maximum atomic E-state index is 4.50. The van der Waals surface area contributed by atoms with Crippen LogP contribution in [0, 0.1) is 10.5 Å². The summed E-state index contributed by atoms with van der Waals surface area (Å²) in [6.07, 6.45) is 5.27. The van der Waals surface area contributed by atoms with E-state index in [1.807, 2.05) is 11.3 Å². The van der Waals surface area contributed by atoms with Gasteiger partial charge >= 0.3 is 0 Å². The summed E-state index contributed by atoms with van der Waals surface area (Å²) in [6.45, 7) is 2.13. The van der Waals surface area contributed by atoms with Gasteiger partial charge in [0.05, 0.1) is 5.39 Å². The van der Waals surface area contributed by atoms with Crippen LogP contribution in [0.1, 0.15) is 22.4 Å². The number of fused-ring (bicyclic) bond motifs is 3. The largest absolute Gasteiger partial charge is 0.339 e. The van der Waals surface area contributed by atoms with Crippen LogP contribution < -0.4 is 5.32 Å². The third-order valence-electron chi connectivity index (χ3n) is 3.94. The van der Waals surface area contributed by atoms with Crippen molar-refractivity contribution >= 4 is 55.6 Å². The van der Waals surface area contributed by atoms with Crippen LogP contribution in [-0.2, 0) is 12.8 Å². The zero-order valence-corrected chi connectivity index (χ0v) is 14.6. The molecular formula is C16H14IN3S. The van der Waals surface area contributed by atoms with E-state index < -0.39 is 0 Å². The Bertz CT molecular complexity index is 841. The third kappa shape index (κ3) is 2.32. The average molecular weight is 407 g/mol. The van der Waals surface area contributed by atoms with E-state index in [-0.39, 0.29) is 0 Å². The summed E-state index contributed by atoms with van der Waals surface area (Å²) in [5, 5.41) is 4.74. The lowest BCUT2D eigenvalue weighted by molar-refractivity contribution is 0.917. The number of benzene rings is 1. The first-order valence-electron chi connectivity index (χ1n) is 7.01. The highest BCUT2D eigenvalue weighted by molar-refractivity contribution is 14.1. The van der Waals surface area contributed by atoms with Crippen molar-refractivity contribution in [1.29, 1.82) is 0 Å². The van der Waals surface area contributed by atoms with E-state index in [4.69, 9.17) is 0 Å². The zero-order chi connectivity index (χ0) is 14.4. The first-order valence-corrected chi connectivity index (χ1v) is 8.90. The molecule has 0 aliphatic heterocycles. The van der Waals surface area contributed by atoms with Crippen molar-refractivity contribution in [3.05, 3.63) is 44.1 Å². The fourth-order valence-electron chi connectivity index (χ4n) is 2.92. The second kappa shape index (κ2) is 5.21. The number of hydrogen-bond donors (Lipinski definition) is 1. The lowest BCUT2D eigenvalue weighted by atomic mass is 10.1. The Morgan fingerprint density at radius 3 is 3.00 bits per heavy atom. The summed E-state index contributed by atoms with van der Waals surface area (Å²) in [6, 6.07) is 6.42. The standard InChI is InChI=1S/C16H14IN3S/c1-9-7-10(17)5-6-12(9)20-15-14-11-3-2-4-13(11)21-16(14)19-8-18-15/h5-8H,2-4H2,1H3,(H,18,19,20). The fourth-order valence-corrected chi connectivity index (χ4v) is 4.79. The molecule has 0 saturated heterocycles. The second-order valence-electron chi connectivity index (χ2n) is 5.34. The molecule has 0 unspecified atom stereocenters. The normalized spacial score (nSPS) is 13.6. The van der Waals surface area contributed by atoms with Gasteiger partial charge in [0.25, 0.3) is 0 Å². The molecule has 5 heteroatoms.